The smallest absolute Gasteiger partial charge is 0.320 e. The first-order valence-electron chi connectivity index (χ1n) is 10.1. The average Bonchev–Trinajstić information content (AvgIpc) is 2.85. The van der Waals surface area contributed by atoms with E-state index in [0.717, 1.165) is 0 Å². The van der Waals surface area contributed by atoms with Gasteiger partial charge in [0.25, 0.3) is 0 Å². The molecule has 5 N–H and O–H groups in total. The zero-order chi connectivity index (χ0) is 23.1. The van der Waals surface area contributed by atoms with Crippen molar-refractivity contribution in [1.29, 1.82) is 0 Å². The first-order valence-corrected chi connectivity index (χ1v) is 9.42. The second-order valence-corrected chi connectivity index (χ2v) is 7.55. The number of hydrogen-bond donors (Lipinski definition) is 5. The lowest BCUT2D eigenvalue weighted by atomic mass is 9.89. The molecule has 11 heteroatoms. The third-order valence-electron chi connectivity index (χ3n) is 5.42. The Morgan fingerprint density at radius 3 is 1.83 bits per heavy atom. The van der Waals surface area contributed by atoms with Gasteiger partial charge in [-0.25, -0.2) is 0 Å². The number of carboxylic acids is 3. The van der Waals surface area contributed by atoms with Crippen molar-refractivity contribution in [2.75, 3.05) is 33.2 Å². The SMILES string of the molecule is [3H]CNC(=O)CCC1(NC(C)C(=O)O)CN(C(C)C(=O)O)CCN(C(C)C(=O)O)C1. The van der Waals surface area contributed by atoms with Gasteiger partial charge in [-0.3, -0.25) is 34.3 Å². The number of nitrogens with one attached hydrogen (secondary N) is 2. The van der Waals surface area contributed by atoms with Crippen LogP contribution in [-0.2, 0) is 19.2 Å². The first-order chi connectivity index (χ1) is 13.9. The Labute approximate surface area is 171 Å². The van der Waals surface area contributed by atoms with Gasteiger partial charge in [-0.1, -0.05) is 0 Å². The number of aliphatic carboxylic acids is 3. The molecule has 1 saturated heterocycles. The van der Waals surface area contributed by atoms with E-state index in [1.54, 1.807) is 9.80 Å². The molecule has 0 aliphatic carbocycles. The number of carboxylic acid groups (broad SMARTS) is 3. The molecule has 0 spiro atoms. The maximum atomic E-state index is 12.0. The van der Waals surface area contributed by atoms with Crippen LogP contribution in [0.3, 0.4) is 0 Å². The fourth-order valence-corrected chi connectivity index (χ4v) is 3.50. The van der Waals surface area contributed by atoms with E-state index in [-0.39, 0.29) is 46.0 Å². The van der Waals surface area contributed by atoms with Gasteiger partial charge in [0.1, 0.15) is 18.1 Å². The predicted molar refractivity (Wildman–Crippen MR) is 104 cm³/mol. The maximum absolute atomic E-state index is 12.0. The highest BCUT2D eigenvalue weighted by Gasteiger charge is 2.42. The molecule has 0 aromatic rings. The zero-order valence-electron chi connectivity index (χ0n) is 18.1. The maximum Gasteiger partial charge on any atom is 0.320 e. The van der Waals surface area contributed by atoms with Gasteiger partial charge in [0.15, 0.2) is 0 Å². The Bertz CT molecular complexity index is 618. The molecular formula is C18H32N4O7. The van der Waals surface area contributed by atoms with Crippen LogP contribution in [0.1, 0.15) is 35.0 Å². The molecule has 0 radical (unpaired) electrons. The van der Waals surface area contributed by atoms with Crippen LogP contribution >= 0.6 is 0 Å². The van der Waals surface area contributed by atoms with Crippen molar-refractivity contribution in [2.24, 2.45) is 0 Å². The lowest BCUT2D eigenvalue weighted by Crippen LogP contribution is -2.63. The van der Waals surface area contributed by atoms with Gasteiger partial charge in [0.05, 0.1) is 0 Å². The summed E-state index contributed by atoms with van der Waals surface area (Å²) in [6.07, 6.45) is 0.116. The van der Waals surface area contributed by atoms with Gasteiger partial charge in [0, 0.05) is 46.5 Å². The summed E-state index contributed by atoms with van der Waals surface area (Å²) in [5.41, 5.74) is -1.05. The Balaban J connectivity index is 3.32. The van der Waals surface area contributed by atoms with Crippen LogP contribution < -0.4 is 10.6 Å². The number of nitrogens with zero attached hydrogens (tertiary/aromatic N) is 2. The second kappa shape index (κ2) is 10.5. The number of rotatable bonds is 10. The summed E-state index contributed by atoms with van der Waals surface area (Å²) >= 11 is 0. The largest absolute Gasteiger partial charge is 0.480 e. The molecule has 1 aliphatic rings. The second-order valence-electron chi connectivity index (χ2n) is 7.55. The van der Waals surface area contributed by atoms with Crippen LogP contribution in [0.15, 0.2) is 0 Å². The van der Waals surface area contributed by atoms with Gasteiger partial charge in [0.2, 0.25) is 5.91 Å². The molecule has 0 aromatic carbocycles. The molecule has 0 saturated carbocycles. The minimum atomic E-state index is -1.12. The summed E-state index contributed by atoms with van der Waals surface area (Å²) in [6.45, 7) is 5.25. The highest BCUT2D eigenvalue weighted by molar-refractivity contribution is 5.76. The van der Waals surface area contributed by atoms with Crippen molar-refractivity contribution in [3.63, 3.8) is 0 Å². The van der Waals surface area contributed by atoms with Crippen molar-refractivity contribution in [3.05, 3.63) is 0 Å². The topological polar surface area (TPSA) is 160 Å². The standard InChI is InChI=1S/C18H32N4O7/c1-11(15(24)25)20-18(6-5-14(23)19-4)9-21(12(2)16(26)27)7-8-22(10-18)13(3)17(28)29/h11-13,20H,5-10H2,1-4H3,(H,19,23)(H,24,25)(H,26,27)(H,28,29)/i4T. The van der Waals surface area contributed by atoms with Gasteiger partial charge < -0.3 is 20.6 Å². The van der Waals surface area contributed by atoms with Crippen LogP contribution in [0, 0.1) is 0 Å². The molecule has 0 aromatic heterocycles. The summed E-state index contributed by atoms with van der Waals surface area (Å²) in [4.78, 5) is 50.0. The molecule has 1 aliphatic heterocycles. The third kappa shape index (κ3) is 6.94. The highest BCUT2D eigenvalue weighted by atomic mass is 16.4. The first kappa shape index (κ1) is 23.0. The molecule has 29 heavy (non-hydrogen) atoms. The predicted octanol–water partition coefficient (Wildman–Crippen LogP) is -1.12. The van der Waals surface area contributed by atoms with Crippen LogP contribution in [0.2, 0.25) is 0 Å². The number of hydrogen-bond acceptors (Lipinski definition) is 7. The van der Waals surface area contributed by atoms with E-state index in [1.165, 1.54) is 20.8 Å². The minimum Gasteiger partial charge on any atom is -0.480 e. The van der Waals surface area contributed by atoms with E-state index in [9.17, 15) is 34.5 Å². The summed E-state index contributed by atoms with van der Waals surface area (Å²) < 4.78 is 7.11. The summed E-state index contributed by atoms with van der Waals surface area (Å²) in [5, 5.41) is 33.7. The molecule has 1 fully saturated rings. The number of carbonyl (C=O) groups excluding carboxylic acids is 1. The Morgan fingerprint density at radius 2 is 1.45 bits per heavy atom. The van der Waals surface area contributed by atoms with E-state index in [1.807, 2.05) is 0 Å². The van der Waals surface area contributed by atoms with Crippen molar-refractivity contribution >= 4 is 23.8 Å². The number of amides is 1. The van der Waals surface area contributed by atoms with E-state index in [2.05, 4.69) is 10.6 Å². The van der Waals surface area contributed by atoms with E-state index < -0.39 is 47.5 Å². The lowest BCUT2D eigenvalue weighted by molar-refractivity contribution is -0.144. The fourth-order valence-electron chi connectivity index (χ4n) is 3.50. The van der Waals surface area contributed by atoms with Crippen molar-refractivity contribution in [1.82, 2.24) is 20.4 Å². The highest BCUT2D eigenvalue weighted by Crippen LogP contribution is 2.24. The fraction of sp³-hybridized carbons (Fsp3) is 0.778. The monoisotopic (exact) mass is 418 g/mol. The third-order valence-corrected chi connectivity index (χ3v) is 5.42. The van der Waals surface area contributed by atoms with Crippen LogP contribution in [-0.4, -0.2) is 106 Å². The summed E-state index contributed by atoms with van der Waals surface area (Å²) in [5.74, 6) is -3.62. The zero-order valence-corrected chi connectivity index (χ0v) is 17.1. The van der Waals surface area contributed by atoms with Gasteiger partial charge in [-0.15, -0.1) is 0 Å². The summed E-state index contributed by atoms with van der Waals surface area (Å²) in [7, 11) is -0.296. The van der Waals surface area contributed by atoms with Gasteiger partial charge >= 0.3 is 17.9 Å². The number of carbonyl (C=O) groups is 4. The minimum absolute atomic E-state index is 0.0250. The summed E-state index contributed by atoms with van der Waals surface area (Å²) in [6, 6.07) is -2.77. The lowest BCUT2D eigenvalue weighted by Gasteiger charge is -2.41. The van der Waals surface area contributed by atoms with Crippen molar-refractivity contribution < 1.29 is 35.9 Å². The van der Waals surface area contributed by atoms with E-state index >= 15 is 0 Å². The molecule has 166 valence electrons. The Morgan fingerprint density at radius 1 is 0.966 bits per heavy atom. The van der Waals surface area contributed by atoms with Crippen molar-refractivity contribution in [2.45, 2.75) is 57.3 Å². The molecule has 3 atom stereocenters. The van der Waals surface area contributed by atoms with Crippen LogP contribution in [0.5, 0.6) is 0 Å². The van der Waals surface area contributed by atoms with Gasteiger partial charge in [-0.2, -0.15) is 0 Å². The molecule has 1 rings (SSSR count). The quantitative estimate of drug-likeness (QED) is 0.294. The molecule has 1 heterocycles. The molecule has 1 amide bonds. The molecular weight excluding hydrogens is 384 g/mol. The Kier molecular flexibility index (Phi) is 8.35. The van der Waals surface area contributed by atoms with Crippen LogP contribution in [0.25, 0.3) is 0 Å². The van der Waals surface area contributed by atoms with E-state index in [0.29, 0.717) is 0 Å². The van der Waals surface area contributed by atoms with Gasteiger partial charge in [-0.05, 0) is 27.2 Å². The van der Waals surface area contributed by atoms with Crippen molar-refractivity contribution in [3.8, 4) is 0 Å². The van der Waals surface area contributed by atoms with Crippen LogP contribution in [0.4, 0.5) is 0 Å². The molecule has 0 bridgehead atoms. The molecule has 3 unspecified atom stereocenters. The molecule has 11 nitrogen and oxygen atoms in total. The average molecular weight is 418 g/mol. The van der Waals surface area contributed by atoms with E-state index in [4.69, 9.17) is 1.37 Å². The Hall–Kier alpha value is -2.24. The normalized spacial score (nSPS) is 24.6.